The molecular formula is C25H23ClFNO3. The quantitative estimate of drug-likeness (QED) is 0.508. The van der Waals surface area contributed by atoms with Gasteiger partial charge in [0, 0.05) is 16.5 Å². The fourth-order valence-corrected chi connectivity index (χ4v) is 4.46. The van der Waals surface area contributed by atoms with Gasteiger partial charge in [0.1, 0.15) is 18.5 Å². The molecule has 0 saturated carbocycles. The number of carbonyl (C=O) groups excluding carboxylic acids is 1. The van der Waals surface area contributed by atoms with E-state index < -0.39 is 24.1 Å². The molecule has 2 atom stereocenters. The van der Waals surface area contributed by atoms with Crippen molar-refractivity contribution in [1.82, 2.24) is 5.32 Å². The van der Waals surface area contributed by atoms with Crippen LogP contribution in [0.5, 0.6) is 0 Å². The molecule has 0 radical (unpaired) electrons. The molecule has 1 aliphatic carbocycles. The van der Waals surface area contributed by atoms with Crippen molar-refractivity contribution in [3.8, 4) is 11.1 Å². The minimum Gasteiger partial charge on any atom is -0.449 e. The number of rotatable bonds is 6. The van der Waals surface area contributed by atoms with E-state index in [0.29, 0.717) is 6.42 Å². The average molecular weight is 440 g/mol. The molecule has 3 aromatic rings. The number of halogens is 2. The number of nitrogens with one attached hydrogen (secondary N) is 1. The lowest BCUT2D eigenvalue weighted by atomic mass is 9.98. The molecule has 0 aliphatic heterocycles. The van der Waals surface area contributed by atoms with E-state index in [1.165, 1.54) is 18.2 Å². The predicted octanol–water partition coefficient (Wildman–Crippen LogP) is 5.83. The number of amides is 1. The van der Waals surface area contributed by atoms with Crippen molar-refractivity contribution in [2.75, 3.05) is 6.61 Å². The SMILES string of the molecule is CCC(NC(=O)OCC1c2ccccc2-c2ccccc21)C(O)c1c(F)cccc1Cl. The number of fused-ring (bicyclic) bond motifs is 3. The Hall–Kier alpha value is -2.89. The number of carbonyl (C=O) groups is 1. The molecule has 2 N–H and O–H groups in total. The Kier molecular flexibility index (Phi) is 6.25. The zero-order chi connectivity index (χ0) is 22.0. The smallest absolute Gasteiger partial charge is 0.407 e. The van der Waals surface area contributed by atoms with Crippen LogP contribution in [0.1, 0.15) is 42.1 Å². The van der Waals surface area contributed by atoms with Crippen LogP contribution < -0.4 is 5.32 Å². The largest absolute Gasteiger partial charge is 0.449 e. The molecule has 0 aromatic heterocycles. The zero-order valence-corrected chi connectivity index (χ0v) is 17.8. The second kappa shape index (κ2) is 9.08. The summed E-state index contributed by atoms with van der Waals surface area (Å²) in [5.74, 6) is -0.683. The van der Waals surface area contributed by atoms with E-state index in [9.17, 15) is 14.3 Å². The van der Waals surface area contributed by atoms with Crippen LogP contribution in [-0.4, -0.2) is 23.8 Å². The Morgan fingerprint density at radius 3 is 2.26 bits per heavy atom. The van der Waals surface area contributed by atoms with Gasteiger partial charge in [0.2, 0.25) is 0 Å². The Morgan fingerprint density at radius 1 is 1.06 bits per heavy atom. The van der Waals surface area contributed by atoms with E-state index in [0.717, 1.165) is 22.3 Å². The molecule has 0 heterocycles. The topological polar surface area (TPSA) is 58.6 Å². The maximum Gasteiger partial charge on any atom is 0.407 e. The van der Waals surface area contributed by atoms with Crippen molar-refractivity contribution < 1.29 is 19.0 Å². The zero-order valence-electron chi connectivity index (χ0n) is 17.0. The van der Waals surface area contributed by atoms with Crippen LogP contribution in [0.25, 0.3) is 11.1 Å². The molecule has 0 bridgehead atoms. The molecule has 31 heavy (non-hydrogen) atoms. The molecule has 0 saturated heterocycles. The van der Waals surface area contributed by atoms with E-state index in [4.69, 9.17) is 16.3 Å². The number of hydrogen-bond acceptors (Lipinski definition) is 3. The highest BCUT2D eigenvalue weighted by Gasteiger charge is 2.30. The third kappa shape index (κ3) is 4.16. The van der Waals surface area contributed by atoms with Crippen LogP contribution >= 0.6 is 11.6 Å². The van der Waals surface area contributed by atoms with Gasteiger partial charge in [0.05, 0.1) is 6.04 Å². The van der Waals surface area contributed by atoms with Gasteiger partial charge in [-0.05, 0) is 40.8 Å². The van der Waals surface area contributed by atoms with Gasteiger partial charge in [-0.2, -0.15) is 0 Å². The van der Waals surface area contributed by atoms with Crippen LogP contribution in [0.3, 0.4) is 0 Å². The predicted molar refractivity (Wildman–Crippen MR) is 119 cm³/mol. The maximum absolute atomic E-state index is 14.2. The van der Waals surface area contributed by atoms with E-state index in [1.54, 1.807) is 6.92 Å². The molecule has 4 rings (SSSR count). The van der Waals surface area contributed by atoms with Crippen molar-refractivity contribution in [3.05, 3.63) is 94.3 Å². The molecule has 4 nitrogen and oxygen atoms in total. The van der Waals surface area contributed by atoms with E-state index in [1.807, 2.05) is 36.4 Å². The van der Waals surface area contributed by atoms with Crippen molar-refractivity contribution in [1.29, 1.82) is 0 Å². The van der Waals surface area contributed by atoms with Crippen LogP contribution in [0.15, 0.2) is 66.7 Å². The number of hydrogen-bond donors (Lipinski definition) is 2. The standard InChI is InChI=1S/C25H23ClFNO3/c1-2-22(24(29)23-20(26)12-7-13-21(23)27)28-25(30)31-14-19-17-10-5-3-8-15(17)16-9-4-6-11-18(16)19/h3-13,19,22,24,29H,2,14H2,1H3,(H,28,30). The van der Waals surface area contributed by atoms with Gasteiger partial charge in [0.15, 0.2) is 0 Å². The van der Waals surface area contributed by atoms with Gasteiger partial charge in [-0.25, -0.2) is 9.18 Å². The maximum atomic E-state index is 14.2. The molecule has 0 fully saturated rings. The summed E-state index contributed by atoms with van der Waals surface area (Å²) in [6, 6.07) is 19.6. The molecule has 0 spiro atoms. The van der Waals surface area contributed by atoms with Crippen LogP contribution in [-0.2, 0) is 4.74 Å². The van der Waals surface area contributed by atoms with Crippen LogP contribution in [0, 0.1) is 5.82 Å². The first-order valence-corrected chi connectivity index (χ1v) is 10.6. The monoisotopic (exact) mass is 439 g/mol. The summed E-state index contributed by atoms with van der Waals surface area (Å²) in [5, 5.41) is 13.4. The fourth-order valence-electron chi connectivity index (χ4n) is 4.19. The summed E-state index contributed by atoms with van der Waals surface area (Å²) in [5.41, 5.74) is 4.48. The summed E-state index contributed by atoms with van der Waals surface area (Å²) < 4.78 is 19.7. The van der Waals surface area contributed by atoms with Gasteiger partial charge < -0.3 is 15.2 Å². The summed E-state index contributed by atoms with van der Waals surface area (Å²) in [7, 11) is 0. The molecule has 3 aromatic carbocycles. The number of ether oxygens (including phenoxy) is 1. The van der Waals surface area contributed by atoms with E-state index in [2.05, 4.69) is 17.4 Å². The van der Waals surface area contributed by atoms with Gasteiger partial charge in [-0.1, -0.05) is 73.1 Å². The van der Waals surface area contributed by atoms with Gasteiger partial charge in [-0.3, -0.25) is 0 Å². The normalized spacial score (nSPS) is 14.5. The van der Waals surface area contributed by atoms with Gasteiger partial charge in [0.25, 0.3) is 0 Å². The lowest BCUT2D eigenvalue weighted by Gasteiger charge is -2.24. The summed E-state index contributed by atoms with van der Waals surface area (Å²) in [6.45, 7) is 1.94. The second-order valence-electron chi connectivity index (χ2n) is 7.56. The number of aliphatic hydroxyl groups is 1. The van der Waals surface area contributed by atoms with Crippen LogP contribution in [0.2, 0.25) is 5.02 Å². The first kappa shape index (κ1) is 21.3. The van der Waals surface area contributed by atoms with E-state index in [-0.39, 0.29) is 23.1 Å². The first-order chi connectivity index (χ1) is 15.0. The summed E-state index contributed by atoms with van der Waals surface area (Å²) in [6.07, 6.45) is -1.59. The minimum atomic E-state index is -1.29. The Morgan fingerprint density at radius 2 is 1.68 bits per heavy atom. The highest BCUT2D eigenvalue weighted by molar-refractivity contribution is 6.31. The third-order valence-corrected chi connectivity index (χ3v) is 6.09. The molecule has 160 valence electrons. The lowest BCUT2D eigenvalue weighted by molar-refractivity contribution is 0.100. The molecule has 1 aliphatic rings. The highest BCUT2D eigenvalue weighted by Crippen LogP contribution is 2.44. The summed E-state index contributed by atoms with van der Waals surface area (Å²) >= 11 is 6.06. The van der Waals surface area contributed by atoms with Crippen molar-refractivity contribution >= 4 is 17.7 Å². The molecule has 2 unspecified atom stereocenters. The summed E-state index contributed by atoms with van der Waals surface area (Å²) in [4.78, 5) is 12.5. The van der Waals surface area contributed by atoms with Crippen LogP contribution in [0.4, 0.5) is 9.18 Å². The van der Waals surface area contributed by atoms with E-state index >= 15 is 0 Å². The van der Waals surface area contributed by atoms with Gasteiger partial charge >= 0.3 is 6.09 Å². The third-order valence-electron chi connectivity index (χ3n) is 5.76. The minimum absolute atomic E-state index is 0.0324. The molecule has 1 amide bonds. The molecule has 6 heteroatoms. The number of benzene rings is 3. The lowest BCUT2D eigenvalue weighted by Crippen LogP contribution is -2.40. The van der Waals surface area contributed by atoms with Gasteiger partial charge in [-0.15, -0.1) is 0 Å². The van der Waals surface area contributed by atoms with Crippen molar-refractivity contribution in [2.45, 2.75) is 31.4 Å². The fraction of sp³-hybridized carbons (Fsp3) is 0.240. The Labute approximate surface area is 185 Å². The highest BCUT2D eigenvalue weighted by atomic mass is 35.5. The number of aliphatic hydroxyl groups excluding tert-OH is 1. The Bertz CT molecular complexity index is 1040. The molecular weight excluding hydrogens is 417 g/mol. The Balaban J connectivity index is 1.46. The average Bonchev–Trinajstić information content (AvgIpc) is 3.09. The van der Waals surface area contributed by atoms with Crippen molar-refractivity contribution in [3.63, 3.8) is 0 Å². The number of alkyl carbamates (subject to hydrolysis) is 1. The van der Waals surface area contributed by atoms with Crippen molar-refractivity contribution in [2.24, 2.45) is 0 Å². The second-order valence-corrected chi connectivity index (χ2v) is 7.97. The first-order valence-electron chi connectivity index (χ1n) is 10.2.